The summed E-state index contributed by atoms with van der Waals surface area (Å²) in [6.45, 7) is 10.2. The van der Waals surface area contributed by atoms with Crippen molar-refractivity contribution in [3.05, 3.63) is 193 Å². The minimum absolute atomic E-state index is 0.255. The number of benzene rings is 5. The third kappa shape index (κ3) is 6.52. The molecule has 1 heterocycles. The molecule has 2 heteroatoms. The Morgan fingerprint density at radius 2 is 1.38 bits per heavy atom. The van der Waals surface area contributed by atoms with Gasteiger partial charge < -0.3 is 9.52 Å². The van der Waals surface area contributed by atoms with Gasteiger partial charge in [0.05, 0.1) is 0 Å². The quantitative estimate of drug-likeness (QED) is 0.175. The third-order valence-corrected chi connectivity index (χ3v) is 9.10. The average molecular weight is 647 g/mol. The van der Waals surface area contributed by atoms with Crippen LogP contribution >= 0.6 is 0 Å². The Balaban J connectivity index is 1.34. The van der Waals surface area contributed by atoms with E-state index in [0.29, 0.717) is 0 Å². The van der Waals surface area contributed by atoms with Crippen LogP contribution in [0.3, 0.4) is 0 Å². The van der Waals surface area contributed by atoms with E-state index in [1.165, 1.54) is 5.56 Å². The minimum Gasteiger partial charge on any atom is -0.507 e. The van der Waals surface area contributed by atoms with Crippen LogP contribution in [0.5, 0.6) is 5.75 Å². The maximum atomic E-state index is 10.9. The fraction of sp³-hybridized carbons (Fsp3) is 0.0417. The molecule has 0 aliphatic carbocycles. The van der Waals surface area contributed by atoms with Gasteiger partial charge in [0.25, 0.3) is 0 Å². The summed E-state index contributed by atoms with van der Waals surface area (Å²) >= 11 is 0. The Morgan fingerprint density at radius 3 is 2.18 bits per heavy atom. The molecule has 0 saturated heterocycles. The van der Waals surface area contributed by atoms with Crippen molar-refractivity contribution < 1.29 is 9.52 Å². The lowest BCUT2D eigenvalue weighted by atomic mass is 9.94. The van der Waals surface area contributed by atoms with Crippen LogP contribution in [0.15, 0.2) is 175 Å². The Kier molecular flexibility index (Phi) is 9.26. The predicted molar refractivity (Wildman–Crippen MR) is 214 cm³/mol. The Bertz CT molecular complexity index is 2620. The molecule has 7 aromatic rings. The minimum atomic E-state index is 0.255. The molecule has 0 bridgehead atoms. The summed E-state index contributed by atoms with van der Waals surface area (Å²) in [5, 5.41) is 17.3. The second kappa shape index (κ2) is 14.4. The number of rotatable bonds is 7. The highest BCUT2D eigenvalue weighted by molar-refractivity contribution is 6.02. The molecule has 7 rings (SSSR count). The first-order valence-corrected chi connectivity index (χ1v) is 16.9. The number of hydrogen-bond acceptors (Lipinski definition) is 2. The molecule has 0 amide bonds. The first-order chi connectivity index (χ1) is 24.5. The van der Waals surface area contributed by atoms with E-state index in [0.717, 1.165) is 83.0 Å². The maximum Gasteiger partial charge on any atom is 0.136 e. The van der Waals surface area contributed by atoms with Crippen molar-refractivity contribution in [2.24, 2.45) is 0 Å². The van der Waals surface area contributed by atoms with Crippen LogP contribution < -0.4 is 10.6 Å². The highest BCUT2D eigenvalue weighted by atomic mass is 16.3. The zero-order valence-corrected chi connectivity index (χ0v) is 28.1. The number of fused-ring (bicyclic) bond motifs is 3. The van der Waals surface area contributed by atoms with E-state index >= 15 is 0 Å². The molecule has 242 valence electrons. The van der Waals surface area contributed by atoms with E-state index in [9.17, 15) is 5.11 Å². The fourth-order valence-electron chi connectivity index (χ4n) is 6.65. The number of aromatic hydroxyl groups is 1. The van der Waals surface area contributed by atoms with Crippen LogP contribution in [0, 0.1) is 0 Å². The number of furan rings is 1. The maximum absolute atomic E-state index is 10.9. The van der Waals surface area contributed by atoms with Crippen LogP contribution in [0.4, 0.5) is 0 Å². The molecule has 2 nitrogen and oxygen atoms in total. The number of hydrogen-bond donors (Lipinski definition) is 1. The zero-order chi connectivity index (χ0) is 34.5. The van der Waals surface area contributed by atoms with Gasteiger partial charge in [0.2, 0.25) is 0 Å². The lowest BCUT2D eigenvalue weighted by molar-refractivity contribution is 0.478. The molecule has 0 aliphatic heterocycles. The molecule has 0 unspecified atom stereocenters. The summed E-state index contributed by atoms with van der Waals surface area (Å²) in [5.74, 6) is 0.255. The van der Waals surface area contributed by atoms with Gasteiger partial charge in [-0.1, -0.05) is 153 Å². The van der Waals surface area contributed by atoms with Gasteiger partial charge in [0.1, 0.15) is 16.7 Å². The van der Waals surface area contributed by atoms with Gasteiger partial charge in [-0.05, 0) is 98.6 Å². The van der Waals surface area contributed by atoms with Crippen LogP contribution in [-0.4, -0.2) is 5.11 Å². The first-order valence-electron chi connectivity index (χ1n) is 16.9. The van der Waals surface area contributed by atoms with Crippen molar-refractivity contribution in [3.63, 3.8) is 0 Å². The van der Waals surface area contributed by atoms with Gasteiger partial charge in [-0.25, -0.2) is 0 Å². The number of allylic oxidation sites excluding steroid dienone is 4. The molecule has 0 radical (unpaired) electrons. The van der Waals surface area contributed by atoms with Gasteiger partial charge in [0, 0.05) is 16.2 Å². The van der Waals surface area contributed by atoms with Crippen LogP contribution in [0.1, 0.15) is 18.1 Å². The van der Waals surface area contributed by atoms with E-state index in [4.69, 9.17) is 4.42 Å². The van der Waals surface area contributed by atoms with Gasteiger partial charge in [-0.2, -0.15) is 0 Å². The second-order valence-corrected chi connectivity index (χ2v) is 12.3. The molecule has 0 saturated carbocycles. The summed E-state index contributed by atoms with van der Waals surface area (Å²) in [4.78, 5) is 0. The zero-order valence-electron chi connectivity index (χ0n) is 28.1. The van der Waals surface area contributed by atoms with E-state index in [-0.39, 0.29) is 5.75 Å². The summed E-state index contributed by atoms with van der Waals surface area (Å²) in [7, 11) is 0. The average Bonchev–Trinajstić information content (AvgIpc) is 3.49. The summed E-state index contributed by atoms with van der Waals surface area (Å²) in [6, 6.07) is 48.0. The summed E-state index contributed by atoms with van der Waals surface area (Å²) in [5.41, 5.74) is 8.90. The van der Waals surface area contributed by atoms with Crippen molar-refractivity contribution in [2.45, 2.75) is 13.3 Å². The van der Waals surface area contributed by atoms with Crippen molar-refractivity contribution in [2.75, 3.05) is 0 Å². The SMILES string of the molecule is C=C/C=C\C(=C)c1ccccccc(-c2cccc(C/C=c3\c(=C/C)oc4cc5cc(O)c(-c6ccccc6)cc5cc34)c2)c2ccccc12. The normalized spacial score (nSPS) is 12.2. The summed E-state index contributed by atoms with van der Waals surface area (Å²) in [6.07, 6.45) is 10.7. The molecular formula is C48H38O2. The predicted octanol–water partition coefficient (Wildman–Crippen LogP) is 11.5. The molecule has 0 spiro atoms. The first kappa shape index (κ1) is 32.2. The van der Waals surface area contributed by atoms with Gasteiger partial charge in [0.15, 0.2) is 0 Å². The highest BCUT2D eigenvalue weighted by Gasteiger charge is 2.11. The Hall–Kier alpha value is -6.38. The Labute approximate surface area is 292 Å². The molecule has 50 heavy (non-hydrogen) atoms. The highest BCUT2D eigenvalue weighted by Crippen LogP contribution is 2.35. The largest absolute Gasteiger partial charge is 0.507 e. The van der Waals surface area contributed by atoms with Gasteiger partial charge in [-0.15, -0.1) is 0 Å². The van der Waals surface area contributed by atoms with E-state index in [1.54, 1.807) is 6.08 Å². The molecule has 1 aromatic heterocycles. The molecule has 1 N–H and O–H groups in total. The molecule has 0 atom stereocenters. The van der Waals surface area contributed by atoms with Gasteiger partial charge in [-0.3, -0.25) is 0 Å². The fourth-order valence-corrected chi connectivity index (χ4v) is 6.65. The van der Waals surface area contributed by atoms with Crippen LogP contribution in [-0.2, 0) is 6.42 Å². The van der Waals surface area contributed by atoms with Crippen molar-refractivity contribution in [1.82, 2.24) is 0 Å². The molecule has 0 fully saturated rings. The monoisotopic (exact) mass is 646 g/mol. The van der Waals surface area contributed by atoms with Crippen molar-refractivity contribution in [3.8, 4) is 28.0 Å². The summed E-state index contributed by atoms with van der Waals surface area (Å²) < 4.78 is 6.35. The standard InChI is InChI=1S/C48H38O2/c1-4-6-17-33(3)39-22-12-7-8-13-23-40(42-25-15-14-24-41(39)42)36-21-16-18-34(28-36)26-27-43-45-30-37-29-44(35-19-10-9-11-20-35)46(49)31-38(37)32-48(45)50-47(43)5-2/h4-25,27-32,49H,1,3,26H2,2H3/b8-7?,12-7?,13-8?,17-6-,22-12?,23-13?,39-22?,40-23?,41-39?,42-40?,43-27-,47-5+. The second-order valence-electron chi connectivity index (χ2n) is 12.3. The van der Waals surface area contributed by atoms with Gasteiger partial charge >= 0.3 is 0 Å². The number of phenols is 1. The molecular weight excluding hydrogens is 609 g/mol. The van der Waals surface area contributed by atoms with E-state index in [2.05, 4.69) is 110 Å². The molecule has 6 aromatic carbocycles. The van der Waals surface area contributed by atoms with E-state index < -0.39 is 0 Å². The lowest BCUT2D eigenvalue weighted by Gasteiger charge is -2.10. The van der Waals surface area contributed by atoms with Crippen molar-refractivity contribution in [1.29, 1.82) is 0 Å². The lowest BCUT2D eigenvalue weighted by Crippen LogP contribution is -2.19. The van der Waals surface area contributed by atoms with Crippen LogP contribution in [0.25, 0.3) is 72.5 Å². The van der Waals surface area contributed by atoms with E-state index in [1.807, 2.05) is 73.7 Å². The topological polar surface area (TPSA) is 33.4 Å². The number of phenolic OH excluding ortho intramolecular Hbond substituents is 1. The Morgan fingerprint density at radius 1 is 0.680 bits per heavy atom. The van der Waals surface area contributed by atoms with Crippen molar-refractivity contribution >= 4 is 50.2 Å². The molecule has 0 aliphatic rings. The smallest absolute Gasteiger partial charge is 0.136 e. The third-order valence-electron chi connectivity index (χ3n) is 9.10. The van der Waals surface area contributed by atoms with Crippen LogP contribution in [0.2, 0.25) is 0 Å².